The van der Waals surface area contributed by atoms with E-state index in [1.807, 2.05) is 23.8 Å². The highest BCUT2D eigenvalue weighted by Crippen LogP contribution is 2.33. The van der Waals surface area contributed by atoms with E-state index >= 15 is 0 Å². The van der Waals surface area contributed by atoms with Gasteiger partial charge < -0.3 is 19.9 Å². The van der Waals surface area contributed by atoms with Crippen LogP contribution in [0.2, 0.25) is 0 Å². The van der Waals surface area contributed by atoms with Crippen LogP contribution >= 0.6 is 0 Å². The molecule has 0 aromatic carbocycles. The molecule has 3 aromatic heterocycles. The Hall–Kier alpha value is -3.46. The van der Waals surface area contributed by atoms with Crippen molar-refractivity contribution < 1.29 is 4.74 Å². The lowest BCUT2D eigenvalue weighted by atomic mass is 10.0. The quantitative estimate of drug-likeness (QED) is 0.317. The molecule has 0 bridgehead atoms. The molecule has 0 atom stereocenters. The zero-order valence-corrected chi connectivity index (χ0v) is 22.9. The summed E-state index contributed by atoms with van der Waals surface area (Å²) in [7, 11) is 2.15. The fourth-order valence-electron chi connectivity index (χ4n) is 5.46. The number of nitrogens with zero attached hydrogens (tertiary/aromatic N) is 6. The van der Waals surface area contributed by atoms with Gasteiger partial charge in [0.15, 0.2) is 0 Å². The smallest absolute Gasteiger partial charge is 0.263 e. The van der Waals surface area contributed by atoms with Crippen LogP contribution in [0.4, 0.5) is 17.5 Å². The molecule has 202 valence electrons. The van der Waals surface area contributed by atoms with Crippen LogP contribution in [-0.4, -0.2) is 64.3 Å². The molecule has 1 saturated carbocycles. The normalized spacial score (nSPS) is 16.8. The number of likely N-dealkylation sites (N-methyl/N-ethyl adjacent to an activating group) is 1. The van der Waals surface area contributed by atoms with Crippen LogP contribution in [0.3, 0.4) is 0 Å². The Bertz CT molecular complexity index is 1340. The van der Waals surface area contributed by atoms with Gasteiger partial charge in [-0.1, -0.05) is 32.8 Å². The van der Waals surface area contributed by atoms with Crippen molar-refractivity contribution in [3.63, 3.8) is 0 Å². The van der Waals surface area contributed by atoms with Gasteiger partial charge in [-0.15, -0.1) is 0 Å². The van der Waals surface area contributed by atoms with Crippen molar-refractivity contribution in [1.29, 1.82) is 0 Å². The summed E-state index contributed by atoms with van der Waals surface area (Å²) in [5.74, 6) is 1.53. The van der Waals surface area contributed by atoms with Gasteiger partial charge in [0.1, 0.15) is 17.2 Å². The molecule has 0 spiro atoms. The minimum Gasteiger partial charge on any atom is -0.493 e. The lowest BCUT2D eigenvalue weighted by Gasteiger charge is -2.33. The maximum atomic E-state index is 13.9. The maximum absolute atomic E-state index is 13.9. The van der Waals surface area contributed by atoms with Gasteiger partial charge in [-0.25, -0.2) is 9.97 Å². The van der Waals surface area contributed by atoms with E-state index in [0.29, 0.717) is 35.3 Å². The molecular formula is C29H39N7O2. The topological polar surface area (TPSA) is 88.4 Å². The van der Waals surface area contributed by atoms with Crippen molar-refractivity contribution in [3.8, 4) is 0 Å². The lowest BCUT2D eigenvalue weighted by molar-refractivity contribution is 0.270. The molecule has 3 aromatic rings. The van der Waals surface area contributed by atoms with E-state index < -0.39 is 0 Å². The molecule has 2 aliphatic rings. The summed E-state index contributed by atoms with van der Waals surface area (Å²) in [4.78, 5) is 32.6. The number of aromatic nitrogens is 4. The van der Waals surface area contributed by atoms with Crippen LogP contribution in [0.5, 0.6) is 0 Å². The third-order valence-electron chi connectivity index (χ3n) is 7.81. The molecule has 5 rings (SSSR count). The Labute approximate surface area is 224 Å². The number of fused-ring (bicyclic) bond motifs is 1. The number of anilines is 3. The first-order chi connectivity index (χ1) is 18.5. The number of unbranched alkanes of at least 4 members (excludes halogenated alkanes) is 1. The van der Waals surface area contributed by atoms with Crippen LogP contribution in [0, 0.1) is 6.92 Å². The van der Waals surface area contributed by atoms with E-state index in [2.05, 4.69) is 51.7 Å². The van der Waals surface area contributed by atoms with Crippen molar-refractivity contribution in [2.75, 3.05) is 50.1 Å². The van der Waals surface area contributed by atoms with Gasteiger partial charge in [0, 0.05) is 43.8 Å². The van der Waals surface area contributed by atoms with E-state index in [1.54, 1.807) is 6.20 Å². The minimum atomic E-state index is -0.0808. The summed E-state index contributed by atoms with van der Waals surface area (Å²) >= 11 is 0. The number of hydrogen-bond acceptors (Lipinski definition) is 8. The first kappa shape index (κ1) is 26.2. The Morgan fingerprint density at radius 1 is 1.13 bits per heavy atom. The molecule has 9 heteroatoms. The first-order valence-corrected chi connectivity index (χ1v) is 13.9. The second-order valence-electron chi connectivity index (χ2n) is 10.5. The average molecular weight is 518 g/mol. The zero-order valence-electron chi connectivity index (χ0n) is 22.9. The number of nitrogens with one attached hydrogen (secondary N) is 1. The number of ether oxygens (including phenoxy) is 1. The summed E-state index contributed by atoms with van der Waals surface area (Å²) < 4.78 is 7.74. The zero-order chi connectivity index (χ0) is 26.6. The monoisotopic (exact) mass is 517 g/mol. The Balaban J connectivity index is 1.46. The molecule has 1 aliphatic carbocycles. The van der Waals surface area contributed by atoms with E-state index in [4.69, 9.17) is 9.72 Å². The highest BCUT2D eigenvalue weighted by Gasteiger charge is 2.26. The second kappa shape index (κ2) is 11.5. The Morgan fingerprint density at radius 2 is 1.89 bits per heavy atom. The van der Waals surface area contributed by atoms with Crippen molar-refractivity contribution in [2.45, 2.75) is 58.4 Å². The third-order valence-corrected chi connectivity index (χ3v) is 7.81. The molecule has 1 saturated heterocycles. The minimum absolute atomic E-state index is 0.0808. The van der Waals surface area contributed by atoms with Crippen molar-refractivity contribution in [1.82, 2.24) is 24.4 Å². The number of rotatable bonds is 9. The highest BCUT2D eigenvalue weighted by atomic mass is 16.5. The van der Waals surface area contributed by atoms with Crippen LogP contribution in [0.15, 0.2) is 35.9 Å². The lowest BCUT2D eigenvalue weighted by Crippen LogP contribution is -2.44. The van der Waals surface area contributed by atoms with E-state index in [1.165, 1.54) is 0 Å². The van der Waals surface area contributed by atoms with Gasteiger partial charge in [0.25, 0.3) is 5.56 Å². The molecular weight excluding hydrogens is 478 g/mol. The molecule has 1 N–H and O–H groups in total. The third kappa shape index (κ3) is 5.38. The van der Waals surface area contributed by atoms with Gasteiger partial charge in [-0.2, -0.15) is 4.98 Å². The van der Waals surface area contributed by atoms with Crippen LogP contribution in [0.1, 0.15) is 62.6 Å². The molecule has 0 unspecified atom stereocenters. The van der Waals surface area contributed by atoms with Gasteiger partial charge in [0.05, 0.1) is 24.1 Å². The second-order valence-corrected chi connectivity index (χ2v) is 10.5. The van der Waals surface area contributed by atoms with Crippen molar-refractivity contribution in [3.05, 3.63) is 52.6 Å². The molecule has 0 radical (unpaired) electrons. The van der Waals surface area contributed by atoms with Crippen LogP contribution < -0.4 is 15.8 Å². The number of piperazine rings is 1. The highest BCUT2D eigenvalue weighted by molar-refractivity contribution is 5.84. The first-order valence-electron chi connectivity index (χ1n) is 13.9. The summed E-state index contributed by atoms with van der Waals surface area (Å²) in [6, 6.07) is 4.14. The fourth-order valence-corrected chi connectivity index (χ4v) is 5.46. The summed E-state index contributed by atoms with van der Waals surface area (Å²) in [6.45, 7) is 12.8. The van der Waals surface area contributed by atoms with Crippen LogP contribution in [-0.2, 0) is 4.74 Å². The van der Waals surface area contributed by atoms with Crippen molar-refractivity contribution >= 4 is 34.2 Å². The average Bonchev–Trinajstić information content (AvgIpc) is 3.44. The number of hydrogen-bond donors (Lipinski definition) is 1. The van der Waals surface area contributed by atoms with Gasteiger partial charge >= 0.3 is 0 Å². The van der Waals surface area contributed by atoms with E-state index in [-0.39, 0.29) is 11.6 Å². The summed E-state index contributed by atoms with van der Waals surface area (Å²) in [5.41, 5.74) is 3.02. The molecule has 38 heavy (non-hydrogen) atoms. The number of aryl methyl sites for hydroxylation is 1. The van der Waals surface area contributed by atoms with Crippen LogP contribution in [0.25, 0.3) is 16.8 Å². The maximum Gasteiger partial charge on any atom is 0.263 e. The Kier molecular flexibility index (Phi) is 7.93. The largest absolute Gasteiger partial charge is 0.493 e. The summed E-state index contributed by atoms with van der Waals surface area (Å²) in [6.07, 6.45) is 9.77. The fraction of sp³-hybridized carbons (Fsp3) is 0.517. The molecule has 0 amide bonds. The molecule has 1 aliphatic heterocycles. The predicted octanol–water partition coefficient (Wildman–Crippen LogP) is 4.89. The van der Waals surface area contributed by atoms with Crippen molar-refractivity contribution in [2.24, 2.45) is 0 Å². The molecule has 9 nitrogen and oxygen atoms in total. The standard InChI is InChI=1S/C29H39N7O2/c1-5-6-17-38-21(3)26-20(2)24-19-31-29(33-27(24)36(28(26)37)22-9-7-8-10-22)32-25-12-11-23(18-30-25)35-15-13-34(4)14-16-35/h11-12,18-19,22H,3,5-10,13-17H2,1-2,4H3,(H,30,31,32,33). The van der Waals surface area contributed by atoms with Gasteiger partial charge in [-0.3, -0.25) is 9.36 Å². The summed E-state index contributed by atoms with van der Waals surface area (Å²) in [5, 5.41) is 4.09. The molecule has 4 heterocycles. The van der Waals surface area contributed by atoms with Gasteiger partial charge in [0.2, 0.25) is 5.95 Å². The van der Waals surface area contributed by atoms with E-state index in [9.17, 15) is 4.79 Å². The SMILES string of the molecule is C=C(OCCCC)c1c(C)c2cnc(Nc3ccc(N4CCN(C)CC4)cn3)nc2n(C2CCCC2)c1=O. The molecule has 2 fully saturated rings. The van der Waals surface area contributed by atoms with Gasteiger partial charge in [-0.05, 0) is 50.9 Å². The van der Waals surface area contributed by atoms with E-state index in [0.717, 1.165) is 81.3 Å². The predicted molar refractivity (Wildman–Crippen MR) is 153 cm³/mol. The number of pyridine rings is 2. The Morgan fingerprint density at radius 3 is 2.58 bits per heavy atom.